The summed E-state index contributed by atoms with van der Waals surface area (Å²) in [5.41, 5.74) is 1.31. The van der Waals surface area contributed by atoms with Gasteiger partial charge in [-0.15, -0.1) is 0 Å². The maximum absolute atomic E-state index is 5.08. The zero-order chi connectivity index (χ0) is 8.55. The molecule has 3 aliphatic rings. The third-order valence-electron chi connectivity index (χ3n) is 2.77. The van der Waals surface area contributed by atoms with Gasteiger partial charge >= 0.3 is 0 Å². The van der Waals surface area contributed by atoms with Crippen molar-refractivity contribution in [1.29, 1.82) is 0 Å². The van der Waals surface area contributed by atoms with Crippen molar-refractivity contribution in [3.63, 3.8) is 0 Å². The maximum Gasteiger partial charge on any atom is 0.114 e. The summed E-state index contributed by atoms with van der Waals surface area (Å²) in [6, 6.07) is 0. The van der Waals surface area contributed by atoms with E-state index in [1.165, 1.54) is 25.2 Å². The van der Waals surface area contributed by atoms with Crippen molar-refractivity contribution in [3.8, 4) is 0 Å². The summed E-state index contributed by atoms with van der Waals surface area (Å²) in [7, 11) is 2.18. The first-order valence-electron chi connectivity index (χ1n) is 4.69. The Morgan fingerprint density at radius 2 is 2.17 bits per heavy atom. The normalized spacial score (nSPS) is 34.3. The molecule has 0 aromatic heterocycles. The monoisotopic (exact) mass is 168 g/mol. The van der Waals surface area contributed by atoms with Crippen LogP contribution in [-0.4, -0.2) is 37.4 Å². The van der Waals surface area contributed by atoms with Gasteiger partial charge in [0.15, 0.2) is 0 Å². The molecule has 2 heterocycles. The molecule has 2 unspecified atom stereocenters. The predicted molar refractivity (Wildman–Crippen MR) is 48.2 cm³/mol. The zero-order valence-electron chi connectivity index (χ0n) is 7.79. The number of hydrogen-bond acceptors (Lipinski definition) is 3. The summed E-state index contributed by atoms with van der Waals surface area (Å²) in [5, 5.41) is 4.16. The molecule has 3 rings (SSSR count). The van der Waals surface area contributed by atoms with Gasteiger partial charge in [-0.2, -0.15) is 0 Å². The van der Waals surface area contributed by atoms with Crippen molar-refractivity contribution in [2.75, 3.05) is 26.7 Å². The van der Waals surface area contributed by atoms with Crippen LogP contribution in [-0.2, 0) is 4.84 Å². The summed E-state index contributed by atoms with van der Waals surface area (Å²) >= 11 is 0. The summed E-state index contributed by atoms with van der Waals surface area (Å²) in [4.78, 5) is 7.46. The van der Waals surface area contributed by atoms with Crippen molar-refractivity contribution >= 4 is 5.71 Å². The third-order valence-corrected chi connectivity index (χ3v) is 2.77. The molecule has 68 valence electrons. The van der Waals surface area contributed by atoms with E-state index in [9.17, 15) is 0 Å². The molecule has 12 heavy (non-hydrogen) atoms. The van der Waals surface area contributed by atoms with E-state index >= 15 is 0 Å². The van der Waals surface area contributed by atoms with Crippen molar-refractivity contribution < 1.29 is 4.84 Å². The predicted octanol–water partition coefficient (Wildman–Crippen LogP) is 0.960. The molecular weight excluding hydrogens is 152 g/mol. The molecule has 0 radical (unpaired) electrons. The smallest absolute Gasteiger partial charge is 0.114 e. The summed E-state index contributed by atoms with van der Waals surface area (Å²) in [6.45, 7) is 5.01. The van der Waals surface area contributed by atoms with Crippen molar-refractivity contribution in [2.45, 2.75) is 13.3 Å². The average Bonchev–Trinajstić information content (AvgIpc) is 2.04. The fourth-order valence-electron chi connectivity index (χ4n) is 2.21. The van der Waals surface area contributed by atoms with Gasteiger partial charge in [0.05, 0.1) is 5.71 Å². The largest absolute Gasteiger partial charge is 0.396 e. The molecule has 1 aliphatic carbocycles. The minimum Gasteiger partial charge on any atom is -0.396 e. The van der Waals surface area contributed by atoms with Gasteiger partial charge in [-0.05, 0) is 20.4 Å². The lowest BCUT2D eigenvalue weighted by Crippen LogP contribution is -2.54. The van der Waals surface area contributed by atoms with E-state index < -0.39 is 0 Å². The van der Waals surface area contributed by atoms with Crippen LogP contribution in [0.5, 0.6) is 0 Å². The first-order chi connectivity index (χ1) is 5.81. The van der Waals surface area contributed by atoms with E-state index in [1.54, 1.807) is 0 Å². The second-order valence-electron chi connectivity index (χ2n) is 3.78. The Morgan fingerprint density at radius 3 is 2.75 bits per heavy atom. The van der Waals surface area contributed by atoms with E-state index in [0.29, 0.717) is 18.4 Å². The zero-order valence-corrected chi connectivity index (χ0v) is 7.79. The standard InChI is InChI=1S/C9H16N2O/c1-3-12-10-9-7-4-8(9)6-11(2)5-7/h7-8H,3-6H2,1-2H3. The Hall–Kier alpha value is -0.570. The average molecular weight is 168 g/mol. The Labute approximate surface area is 73.4 Å². The van der Waals surface area contributed by atoms with E-state index in [2.05, 4.69) is 17.1 Å². The van der Waals surface area contributed by atoms with Gasteiger partial charge in [0.1, 0.15) is 6.61 Å². The van der Waals surface area contributed by atoms with Crippen LogP contribution in [0.3, 0.4) is 0 Å². The van der Waals surface area contributed by atoms with Gasteiger partial charge in [0.25, 0.3) is 0 Å². The molecule has 3 nitrogen and oxygen atoms in total. The molecule has 0 aromatic rings. The molecule has 2 saturated heterocycles. The lowest BCUT2D eigenvalue weighted by atomic mass is 9.69. The third kappa shape index (κ3) is 1.22. The minimum absolute atomic E-state index is 0.693. The summed E-state index contributed by atoms with van der Waals surface area (Å²) in [5.74, 6) is 1.39. The van der Waals surface area contributed by atoms with Crippen LogP contribution in [0.15, 0.2) is 5.16 Å². The molecule has 0 spiro atoms. The highest BCUT2D eigenvalue weighted by Crippen LogP contribution is 2.36. The molecule has 3 heteroatoms. The molecule has 2 bridgehead atoms. The van der Waals surface area contributed by atoms with E-state index in [1.807, 2.05) is 6.92 Å². The van der Waals surface area contributed by atoms with Crippen molar-refractivity contribution in [3.05, 3.63) is 0 Å². The van der Waals surface area contributed by atoms with Gasteiger partial charge in [0.2, 0.25) is 0 Å². The topological polar surface area (TPSA) is 24.8 Å². The van der Waals surface area contributed by atoms with E-state index in [0.717, 1.165) is 0 Å². The van der Waals surface area contributed by atoms with Crippen LogP contribution in [0.4, 0.5) is 0 Å². The van der Waals surface area contributed by atoms with Crippen LogP contribution in [0.1, 0.15) is 13.3 Å². The number of nitrogens with zero attached hydrogens (tertiary/aromatic N) is 2. The second kappa shape index (κ2) is 3.05. The first kappa shape index (κ1) is 8.05. The Balaban J connectivity index is 1.95. The highest BCUT2D eigenvalue weighted by molar-refractivity contribution is 5.94. The Bertz CT molecular complexity index is 189. The minimum atomic E-state index is 0.693. The molecule has 2 aliphatic heterocycles. The van der Waals surface area contributed by atoms with Gasteiger partial charge in [0, 0.05) is 24.9 Å². The highest BCUT2D eigenvalue weighted by atomic mass is 16.6. The van der Waals surface area contributed by atoms with Gasteiger partial charge < -0.3 is 9.74 Å². The Morgan fingerprint density at radius 1 is 1.50 bits per heavy atom. The molecular formula is C9H16N2O. The Kier molecular flexibility index (Phi) is 2.05. The quantitative estimate of drug-likeness (QED) is 0.574. The maximum atomic E-state index is 5.08. The lowest BCUT2D eigenvalue weighted by Gasteiger charge is -2.46. The summed E-state index contributed by atoms with van der Waals surface area (Å²) in [6.07, 6.45) is 1.33. The molecule has 1 saturated carbocycles. The highest BCUT2D eigenvalue weighted by Gasteiger charge is 2.43. The number of fused-ring (bicyclic) bond motifs is 2. The number of hydrogen-bond donors (Lipinski definition) is 0. The molecule has 0 N–H and O–H groups in total. The number of rotatable bonds is 2. The number of piperidine rings is 2. The SMILES string of the molecule is CCON=C1C2CC1CN(C)C2. The lowest BCUT2D eigenvalue weighted by molar-refractivity contribution is 0.124. The van der Waals surface area contributed by atoms with Crippen LogP contribution in [0.25, 0.3) is 0 Å². The van der Waals surface area contributed by atoms with Crippen LogP contribution >= 0.6 is 0 Å². The van der Waals surface area contributed by atoms with Crippen molar-refractivity contribution in [1.82, 2.24) is 4.90 Å². The van der Waals surface area contributed by atoms with Gasteiger partial charge in [-0.1, -0.05) is 5.16 Å². The second-order valence-corrected chi connectivity index (χ2v) is 3.78. The molecule has 0 aromatic carbocycles. The van der Waals surface area contributed by atoms with E-state index in [4.69, 9.17) is 4.84 Å². The van der Waals surface area contributed by atoms with Crippen LogP contribution < -0.4 is 0 Å². The van der Waals surface area contributed by atoms with Gasteiger partial charge in [-0.3, -0.25) is 0 Å². The van der Waals surface area contributed by atoms with E-state index in [-0.39, 0.29) is 0 Å². The fraction of sp³-hybridized carbons (Fsp3) is 0.889. The fourth-order valence-corrected chi connectivity index (χ4v) is 2.21. The molecule has 3 fully saturated rings. The first-order valence-corrected chi connectivity index (χ1v) is 4.69. The number of oxime groups is 1. The van der Waals surface area contributed by atoms with Crippen molar-refractivity contribution in [2.24, 2.45) is 17.0 Å². The van der Waals surface area contributed by atoms with Gasteiger partial charge in [-0.25, -0.2) is 0 Å². The van der Waals surface area contributed by atoms with Crippen LogP contribution in [0, 0.1) is 11.8 Å². The summed E-state index contributed by atoms with van der Waals surface area (Å²) < 4.78 is 0. The molecule has 2 atom stereocenters. The van der Waals surface area contributed by atoms with Crippen LogP contribution in [0.2, 0.25) is 0 Å². The molecule has 0 amide bonds.